The van der Waals surface area contributed by atoms with Crippen molar-refractivity contribution in [1.82, 2.24) is 24.6 Å². The van der Waals surface area contributed by atoms with Crippen LogP contribution >= 0.6 is 0 Å². The summed E-state index contributed by atoms with van der Waals surface area (Å²) in [5.41, 5.74) is -2.01. The lowest BCUT2D eigenvalue weighted by atomic mass is 10.1. The van der Waals surface area contributed by atoms with Crippen molar-refractivity contribution < 1.29 is 32.5 Å². The number of carbonyl (C=O) groups excluding carboxylic acids is 1. The molecule has 0 atom stereocenters. The topological polar surface area (TPSA) is 150 Å². The lowest BCUT2D eigenvalue weighted by molar-refractivity contribution is 0.0357. The summed E-state index contributed by atoms with van der Waals surface area (Å²) in [4.78, 5) is 46.3. The minimum Gasteiger partial charge on any atom is -0.493 e. The number of nitrogens with one attached hydrogen (secondary N) is 2. The molecule has 2 aromatic heterocycles. The van der Waals surface area contributed by atoms with Gasteiger partial charge in [0.2, 0.25) is 5.69 Å². The van der Waals surface area contributed by atoms with E-state index >= 15 is 4.39 Å². The van der Waals surface area contributed by atoms with Crippen molar-refractivity contribution >= 4 is 22.5 Å². The van der Waals surface area contributed by atoms with E-state index in [1.165, 1.54) is 37.6 Å². The Morgan fingerprint density at radius 2 is 1.77 bits per heavy atom. The summed E-state index contributed by atoms with van der Waals surface area (Å²) < 4.78 is 52.2. The maximum Gasteiger partial charge on any atom is 0.349 e. The molecule has 0 radical (unpaired) electrons. The molecular formula is C33H30F2N6O7. The van der Waals surface area contributed by atoms with Crippen LogP contribution in [0.5, 0.6) is 23.0 Å². The molecule has 5 aromatic rings. The molecule has 6 rings (SSSR count). The van der Waals surface area contributed by atoms with Crippen LogP contribution in [0.15, 0.2) is 76.4 Å². The number of anilines is 1. The molecule has 1 aliphatic rings. The number of aromatic nitrogens is 4. The standard InChI is InChI=1S/C33H30F2N6O7/c1-45-28-18-23-25(19-29(28)47-14-2-11-40-12-15-46-16-13-40)36-10-9-26(23)48-27-8-5-21(17-24(27)35)37-31(42)30-32(43)38-33(44)41(39-30)22-6-3-20(34)4-7-22/h3-10,17-19H,2,11-16H2,1H3,(H,37,42)(H,38,43,44). The first-order valence-corrected chi connectivity index (χ1v) is 15.0. The molecule has 15 heteroatoms. The number of fused-ring (bicyclic) bond motifs is 1. The van der Waals surface area contributed by atoms with Gasteiger partial charge in [-0.1, -0.05) is 0 Å². The molecule has 3 heterocycles. The number of H-pyrrole nitrogens is 1. The predicted octanol–water partition coefficient (Wildman–Crippen LogP) is 3.90. The number of halogens is 2. The third-order valence-electron chi connectivity index (χ3n) is 7.49. The van der Waals surface area contributed by atoms with Gasteiger partial charge in [-0.15, -0.1) is 0 Å². The van der Waals surface area contributed by atoms with Crippen LogP contribution in [-0.4, -0.2) is 77.1 Å². The van der Waals surface area contributed by atoms with E-state index in [1.807, 2.05) is 4.98 Å². The molecule has 0 spiro atoms. The van der Waals surface area contributed by atoms with E-state index < -0.39 is 34.5 Å². The van der Waals surface area contributed by atoms with Crippen molar-refractivity contribution in [3.05, 3.63) is 105 Å². The molecule has 248 valence electrons. The molecule has 48 heavy (non-hydrogen) atoms. The molecule has 0 unspecified atom stereocenters. The summed E-state index contributed by atoms with van der Waals surface area (Å²) in [6.07, 6.45) is 2.34. The number of benzene rings is 3. The monoisotopic (exact) mass is 660 g/mol. The highest BCUT2D eigenvalue weighted by Gasteiger charge is 2.19. The van der Waals surface area contributed by atoms with Crippen LogP contribution in [0.3, 0.4) is 0 Å². The molecule has 13 nitrogen and oxygen atoms in total. The molecule has 1 aliphatic heterocycles. The zero-order valence-electron chi connectivity index (χ0n) is 25.7. The van der Waals surface area contributed by atoms with Gasteiger partial charge < -0.3 is 24.3 Å². The number of methoxy groups -OCH3 is 1. The van der Waals surface area contributed by atoms with Crippen molar-refractivity contribution in [3.8, 4) is 28.7 Å². The minimum atomic E-state index is -1.06. The van der Waals surface area contributed by atoms with Gasteiger partial charge in [-0.25, -0.2) is 13.6 Å². The highest BCUT2D eigenvalue weighted by molar-refractivity contribution is 6.02. The number of hydrogen-bond acceptors (Lipinski definition) is 10. The van der Waals surface area contributed by atoms with Crippen molar-refractivity contribution in [1.29, 1.82) is 0 Å². The largest absolute Gasteiger partial charge is 0.493 e. The van der Waals surface area contributed by atoms with Gasteiger partial charge in [0.1, 0.15) is 11.6 Å². The van der Waals surface area contributed by atoms with Crippen molar-refractivity contribution in [3.63, 3.8) is 0 Å². The first-order valence-electron chi connectivity index (χ1n) is 15.0. The van der Waals surface area contributed by atoms with E-state index in [4.69, 9.17) is 18.9 Å². The highest BCUT2D eigenvalue weighted by Crippen LogP contribution is 2.38. The molecule has 1 saturated heterocycles. The van der Waals surface area contributed by atoms with Gasteiger partial charge in [0, 0.05) is 49.0 Å². The summed E-state index contributed by atoms with van der Waals surface area (Å²) in [5.74, 6) is -1.25. The van der Waals surface area contributed by atoms with E-state index in [1.54, 1.807) is 18.2 Å². The zero-order chi connectivity index (χ0) is 33.6. The van der Waals surface area contributed by atoms with Crippen molar-refractivity contribution in [2.45, 2.75) is 6.42 Å². The number of aromatic amines is 1. The lowest BCUT2D eigenvalue weighted by Gasteiger charge is -2.26. The zero-order valence-corrected chi connectivity index (χ0v) is 25.7. The average molecular weight is 661 g/mol. The summed E-state index contributed by atoms with van der Waals surface area (Å²) in [7, 11) is 1.52. The van der Waals surface area contributed by atoms with E-state index in [9.17, 15) is 18.8 Å². The number of pyridine rings is 1. The molecule has 1 amide bonds. The van der Waals surface area contributed by atoms with E-state index in [0.717, 1.165) is 62.1 Å². The van der Waals surface area contributed by atoms with Crippen LogP contribution < -0.4 is 30.8 Å². The Bertz CT molecular complexity index is 2060. The van der Waals surface area contributed by atoms with E-state index in [0.29, 0.717) is 34.8 Å². The molecule has 3 aromatic carbocycles. The normalized spacial score (nSPS) is 13.3. The molecule has 2 N–H and O–H groups in total. The third kappa shape index (κ3) is 7.32. The Morgan fingerprint density at radius 3 is 2.52 bits per heavy atom. The molecule has 1 fully saturated rings. The molecular weight excluding hydrogens is 630 g/mol. The molecule has 0 aliphatic carbocycles. The summed E-state index contributed by atoms with van der Waals surface area (Å²) in [6, 6.07) is 13.4. The second kappa shape index (κ2) is 14.4. The van der Waals surface area contributed by atoms with Crippen molar-refractivity contribution in [2.75, 3.05) is 51.9 Å². The maximum absolute atomic E-state index is 15.2. The van der Waals surface area contributed by atoms with Crippen LogP contribution in [-0.2, 0) is 4.74 Å². The predicted molar refractivity (Wildman–Crippen MR) is 171 cm³/mol. The fraction of sp³-hybridized carbons (Fsp3) is 0.242. The number of rotatable bonds is 11. The lowest BCUT2D eigenvalue weighted by Crippen LogP contribution is -2.37. The third-order valence-corrected chi connectivity index (χ3v) is 7.49. The second-order valence-corrected chi connectivity index (χ2v) is 10.7. The number of morpholine rings is 1. The highest BCUT2D eigenvalue weighted by atomic mass is 19.1. The van der Waals surface area contributed by atoms with Crippen LogP contribution in [0.2, 0.25) is 0 Å². The fourth-order valence-corrected chi connectivity index (χ4v) is 5.06. The minimum absolute atomic E-state index is 0.0118. The van der Waals surface area contributed by atoms with Crippen LogP contribution in [0.4, 0.5) is 14.5 Å². The van der Waals surface area contributed by atoms with E-state index in [2.05, 4.69) is 20.3 Å². The summed E-state index contributed by atoms with van der Waals surface area (Å²) >= 11 is 0. The summed E-state index contributed by atoms with van der Waals surface area (Å²) in [5, 5.41) is 6.77. The molecule has 0 bridgehead atoms. The number of nitrogens with zero attached hydrogens (tertiary/aromatic N) is 4. The second-order valence-electron chi connectivity index (χ2n) is 10.7. The Hall–Kier alpha value is -5.67. The van der Waals surface area contributed by atoms with Gasteiger partial charge in [0.25, 0.3) is 11.5 Å². The van der Waals surface area contributed by atoms with Gasteiger partial charge in [0.15, 0.2) is 23.1 Å². The average Bonchev–Trinajstić information content (AvgIpc) is 3.08. The Balaban J connectivity index is 1.15. The van der Waals surface area contributed by atoms with Gasteiger partial charge in [-0.05, 0) is 55.0 Å². The number of carbonyl (C=O) groups is 1. The number of hydrogen-bond donors (Lipinski definition) is 2. The van der Waals surface area contributed by atoms with Gasteiger partial charge >= 0.3 is 5.69 Å². The fourth-order valence-electron chi connectivity index (χ4n) is 5.06. The first kappa shape index (κ1) is 32.3. The Morgan fingerprint density at radius 1 is 0.979 bits per heavy atom. The van der Waals surface area contributed by atoms with Crippen LogP contribution in [0.25, 0.3) is 16.6 Å². The Labute approximate surface area is 271 Å². The summed E-state index contributed by atoms with van der Waals surface area (Å²) in [6.45, 7) is 4.65. The van der Waals surface area contributed by atoms with Gasteiger partial charge in [-0.2, -0.15) is 9.78 Å². The maximum atomic E-state index is 15.2. The van der Waals surface area contributed by atoms with Gasteiger partial charge in [0.05, 0.1) is 38.1 Å². The van der Waals surface area contributed by atoms with Crippen LogP contribution in [0, 0.1) is 11.6 Å². The number of amides is 1. The Kier molecular flexibility index (Phi) is 9.68. The van der Waals surface area contributed by atoms with E-state index in [-0.39, 0.29) is 17.1 Å². The molecule has 0 saturated carbocycles. The van der Waals surface area contributed by atoms with Gasteiger partial charge in [-0.3, -0.25) is 24.5 Å². The SMILES string of the molecule is COc1cc2c(Oc3ccc(NC(=O)c4nn(-c5ccc(F)cc5)c(=O)[nH]c4=O)cc3F)ccnc2cc1OCCCN1CCOCC1. The van der Waals surface area contributed by atoms with Crippen LogP contribution in [0.1, 0.15) is 16.9 Å². The first-order chi connectivity index (χ1) is 23.3. The quantitative estimate of drug-likeness (QED) is 0.200. The number of ether oxygens (including phenoxy) is 4. The smallest absolute Gasteiger partial charge is 0.349 e. The van der Waals surface area contributed by atoms with Crippen molar-refractivity contribution in [2.24, 2.45) is 0 Å².